The van der Waals surface area contributed by atoms with Crippen molar-refractivity contribution in [3.63, 3.8) is 0 Å². The fourth-order valence-electron chi connectivity index (χ4n) is 3.44. The standard InChI is InChI=1S/C20H38N6.HI/c1-3-5-6-7-8-9-10-12-15-22-20(21-4-2)23-17-19-25-24-18-14-11-13-16-26(18)19;/h3-17H2,1-2H3,(H2,21,22,23);1H. The van der Waals surface area contributed by atoms with E-state index in [9.17, 15) is 0 Å². The smallest absolute Gasteiger partial charge is 0.191 e. The Balaban J connectivity index is 0.00000364. The van der Waals surface area contributed by atoms with E-state index in [2.05, 4.69) is 39.2 Å². The molecule has 0 aromatic carbocycles. The predicted octanol–water partition coefficient (Wildman–Crippen LogP) is 4.43. The topological polar surface area (TPSA) is 67.1 Å². The Morgan fingerprint density at radius 1 is 0.963 bits per heavy atom. The molecule has 0 atom stereocenters. The number of halogens is 1. The van der Waals surface area contributed by atoms with E-state index in [4.69, 9.17) is 4.99 Å². The number of hydrogen-bond acceptors (Lipinski definition) is 3. The largest absolute Gasteiger partial charge is 0.357 e. The minimum atomic E-state index is 0. The Morgan fingerprint density at radius 2 is 1.70 bits per heavy atom. The van der Waals surface area contributed by atoms with Gasteiger partial charge in [-0.3, -0.25) is 0 Å². The summed E-state index contributed by atoms with van der Waals surface area (Å²) in [5.74, 6) is 3.01. The Kier molecular flexibility index (Phi) is 13.5. The van der Waals surface area contributed by atoms with Crippen LogP contribution in [0.4, 0.5) is 0 Å². The molecule has 1 aliphatic heterocycles. The molecular formula is C20H39IN6. The van der Waals surface area contributed by atoms with E-state index >= 15 is 0 Å². The van der Waals surface area contributed by atoms with E-state index in [1.165, 1.54) is 64.2 Å². The van der Waals surface area contributed by atoms with Crippen molar-refractivity contribution in [3.05, 3.63) is 11.6 Å². The number of aromatic nitrogens is 3. The monoisotopic (exact) mass is 490 g/mol. The van der Waals surface area contributed by atoms with Crippen molar-refractivity contribution in [2.24, 2.45) is 4.99 Å². The van der Waals surface area contributed by atoms with Gasteiger partial charge in [0.1, 0.15) is 12.4 Å². The highest BCUT2D eigenvalue weighted by Gasteiger charge is 2.15. The van der Waals surface area contributed by atoms with Gasteiger partial charge in [-0.05, 0) is 26.2 Å². The summed E-state index contributed by atoms with van der Waals surface area (Å²) < 4.78 is 2.25. The van der Waals surface area contributed by atoms with E-state index < -0.39 is 0 Å². The lowest BCUT2D eigenvalue weighted by atomic mass is 10.1. The van der Waals surface area contributed by atoms with Crippen molar-refractivity contribution in [3.8, 4) is 0 Å². The molecule has 0 spiro atoms. The lowest BCUT2D eigenvalue weighted by molar-refractivity contribution is 0.508. The molecule has 6 nitrogen and oxygen atoms in total. The molecule has 156 valence electrons. The van der Waals surface area contributed by atoms with Crippen LogP contribution in [-0.4, -0.2) is 33.8 Å². The number of fused-ring (bicyclic) bond motifs is 1. The van der Waals surface area contributed by atoms with Crippen LogP contribution in [0.15, 0.2) is 4.99 Å². The molecule has 0 aliphatic carbocycles. The number of unbranched alkanes of at least 4 members (excludes halogenated alkanes) is 7. The van der Waals surface area contributed by atoms with Crippen molar-refractivity contribution in [1.82, 2.24) is 25.4 Å². The van der Waals surface area contributed by atoms with E-state index in [1.54, 1.807) is 0 Å². The second-order valence-corrected chi connectivity index (χ2v) is 7.24. The maximum absolute atomic E-state index is 4.70. The third-order valence-electron chi connectivity index (χ3n) is 4.98. The van der Waals surface area contributed by atoms with Gasteiger partial charge in [0.15, 0.2) is 11.8 Å². The molecular weight excluding hydrogens is 451 g/mol. The van der Waals surface area contributed by atoms with E-state index in [-0.39, 0.29) is 24.0 Å². The van der Waals surface area contributed by atoms with Gasteiger partial charge in [-0.2, -0.15) is 0 Å². The quantitative estimate of drug-likeness (QED) is 0.197. The van der Waals surface area contributed by atoms with Crippen LogP contribution in [0.25, 0.3) is 0 Å². The molecule has 2 rings (SSSR count). The first kappa shape index (κ1) is 24.2. The zero-order valence-corrected chi connectivity index (χ0v) is 19.6. The Hall–Kier alpha value is -0.860. The molecule has 7 heteroatoms. The van der Waals surface area contributed by atoms with Gasteiger partial charge in [-0.1, -0.05) is 51.9 Å². The SMILES string of the molecule is CCCCCCCCCCNC(=NCc1nnc2n1CCCC2)NCC.I. The summed E-state index contributed by atoms with van der Waals surface area (Å²) in [4.78, 5) is 4.70. The molecule has 0 amide bonds. The van der Waals surface area contributed by atoms with Crippen molar-refractivity contribution < 1.29 is 0 Å². The van der Waals surface area contributed by atoms with Gasteiger partial charge in [0.25, 0.3) is 0 Å². The zero-order valence-electron chi connectivity index (χ0n) is 17.3. The third-order valence-corrected chi connectivity index (χ3v) is 4.98. The van der Waals surface area contributed by atoms with Crippen molar-refractivity contribution in [2.75, 3.05) is 13.1 Å². The minimum Gasteiger partial charge on any atom is -0.357 e. The van der Waals surface area contributed by atoms with Gasteiger partial charge in [0, 0.05) is 26.1 Å². The molecule has 27 heavy (non-hydrogen) atoms. The zero-order chi connectivity index (χ0) is 18.5. The van der Waals surface area contributed by atoms with Crippen LogP contribution in [0.1, 0.15) is 89.7 Å². The normalized spacial score (nSPS) is 13.8. The van der Waals surface area contributed by atoms with Gasteiger partial charge >= 0.3 is 0 Å². The average Bonchev–Trinajstić information content (AvgIpc) is 3.08. The second-order valence-electron chi connectivity index (χ2n) is 7.24. The van der Waals surface area contributed by atoms with Crippen LogP contribution in [0.5, 0.6) is 0 Å². The van der Waals surface area contributed by atoms with Crippen molar-refractivity contribution in [2.45, 2.75) is 97.6 Å². The fraction of sp³-hybridized carbons (Fsp3) is 0.850. The number of guanidine groups is 1. The Bertz CT molecular complexity index is 529. The lowest BCUT2D eigenvalue weighted by Gasteiger charge is -2.14. The first-order valence-corrected chi connectivity index (χ1v) is 10.8. The highest BCUT2D eigenvalue weighted by molar-refractivity contribution is 14.0. The van der Waals surface area contributed by atoms with Crippen molar-refractivity contribution >= 4 is 29.9 Å². The fourth-order valence-corrected chi connectivity index (χ4v) is 3.44. The molecule has 0 bridgehead atoms. The predicted molar refractivity (Wildman–Crippen MR) is 124 cm³/mol. The van der Waals surface area contributed by atoms with E-state index in [1.807, 2.05) is 0 Å². The van der Waals surface area contributed by atoms with Crippen LogP contribution < -0.4 is 10.6 Å². The van der Waals surface area contributed by atoms with Gasteiger partial charge < -0.3 is 15.2 Å². The van der Waals surface area contributed by atoms with Crippen LogP contribution in [-0.2, 0) is 19.5 Å². The lowest BCUT2D eigenvalue weighted by Crippen LogP contribution is -2.37. The maximum Gasteiger partial charge on any atom is 0.191 e. The molecule has 0 saturated carbocycles. The molecule has 2 heterocycles. The Morgan fingerprint density at radius 3 is 2.44 bits per heavy atom. The molecule has 0 fully saturated rings. The molecule has 0 unspecified atom stereocenters. The molecule has 1 aromatic heterocycles. The highest BCUT2D eigenvalue weighted by Crippen LogP contribution is 2.14. The van der Waals surface area contributed by atoms with Gasteiger partial charge in [0.2, 0.25) is 0 Å². The summed E-state index contributed by atoms with van der Waals surface area (Å²) in [6, 6.07) is 0. The first-order chi connectivity index (χ1) is 12.8. The third kappa shape index (κ3) is 9.25. The first-order valence-electron chi connectivity index (χ1n) is 10.8. The number of rotatable bonds is 12. The molecule has 1 aromatic rings. The molecule has 0 radical (unpaired) electrons. The number of aliphatic imine (C=N–C) groups is 1. The summed E-state index contributed by atoms with van der Waals surface area (Å²) in [5.41, 5.74) is 0. The van der Waals surface area contributed by atoms with Crippen LogP contribution >= 0.6 is 24.0 Å². The number of nitrogens with one attached hydrogen (secondary N) is 2. The van der Waals surface area contributed by atoms with E-state index in [0.717, 1.165) is 43.7 Å². The molecule has 2 N–H and O–H groups in total. The highest BCUT2D eigenvalue weighted by atomic mass is 127. The minimum absolute atomic E-state index is 0. The summed E-state index contributed by atoms with van der Waals surface area (Å²) in [6.07, 6.45) is 14.3. The van der Waals surface area contributed by atoms with Crippen LogP contribution in [0.2, 0.25) is 0 Å². The summed E-state index contributed by atoms with van der Waals surface area (Å²) in [5, 5.41) is 15.4. The number of aryl methyl sites for hydroxylation is 1. The molecule has 1 aliphatic rings. The van der Waals surface area contributed by atoms with Crippen LogP contribution in [0.3, 0.4) is 0 Å². The van der Waals surface area contributed by atoms with Crippen LogP contribution in [0, 0.1) is 0 Å². The summed E-state index contributed by atoms with van der Waals surface area (Å²) >= 11 is 0. The van der Waals surface area contributed by atoms with Gasteiger partial charge in [-0.25, -0.2) is 4.99 Å². The van der Waals surface area contributed by atoms with Crippen molar-refractivity contribution in [1.29, 1.82) is 0 Å². The summed E-state index contributed by atoms with van der Waals surface area (Å²) in [6.45, 7) is 7.87. The number of hydrogen-bond donors (Lipinski definition) is 2. The van der Waals surface area contributed by atoms with E-state index in [0.29, 0.717) is 6.54 Å². The number of nitrogens with zero attached hydrogens (tertiary/aromatic N) is 4. The van der Waals surface area contributed by atoms with Gasteiger partial charge in [-0.15, -0.1) is 34.2 Å². The second kappa shape index (κ2) is 15.1. The maximum atomic E-state index is 4.70. The molecule has 0 saturated heterocycles. The van der Waals surface area contributed by atoms with Gasteiger partial charge in [0.05, 0.1) is 0 Å². The Labute approximate surface area is 182 Å². The summed E-state index contributed by atoms with van der Waals surface area (Å²) in [7, 11) is 0. The average molecular weight is 490 g/mol.